The largest absolute Gasteiger partial charge is 0.0683 e. The summed E-state index contributed by atoms with van der Waals surface area (Å²) in [6, 6.07) is 0. The van der Waals surface area contributed by atoms with Gasteiger partial charge in [-0.15, -0.1) is 0 Å². The van der Waals surface area contributed by atoms with Gasteiger partial charge in [0.25, 0.3) is 0 Å². The summed E-state index contributed by atoms with van der Waals surface area (Å²) >= 11 is 0. The Morgan fingerprint density at radius 1 is 0.109 bits per heavy atom. The zero-order valence-electron chi connectivity index (χ0n) is 44.2. The lowest BCUT2D eigenvalue weighted by molar-refractivity contribution is 1.09. The highest BCUT2D eigenvalue weighted by molar-refractivity contribution is 3.93. The van der Waals surface area contributed by atoms with E-state index in [1.807, 2.05) is 194 Å². The molecule has 0 saturated heterocycles. The number of hydrogen-bond donors (Lipinski definition) is 0. The minimum absolute atomic E-state index is 1.25. The highest BCUT2D eigenvalue weighted by Crippen LogP contribution is 1.57. The fourth-order valence-corrected chi connectivity index (χ4v) is 0. The normalized spacial score (nSPS) is 4.17. The molecule has 316 valence electrons. The van der Waals surface area contributed by atoms with Gasteiger partial charge in [-0.3, -0.25) is 0 Å². The molecule has 0 amide bonds. The third-order valence-electron chi connectivity index (χ3n) is 0. The standard InChI is InChI=1S/6C3H8.14C2H6/c6*1-3-2;14*1-2/h6*3H2,1-2H3;14*1-2H3. The number of hydrogen-bond acceptors (Lipinski definition) is 0. The second-order valence-corrected chi connectivity index (χ2v) is 4.24. The summed E-state index contributed by atoms with van der Waals surface area (Å²) in [6.45, 7) is 81.5. The van der Waals surface area contributed by atoms with Crippen molar-refractivity contribution < 1.29 is 0 Å². The lowest BCUT2D eigenvalue weighted by atomic mass is 10.6. The molecule has 0 aliphatic carbocycles. The molecule has 0 bridgehead atoms. The van der Waals surface area contributed by atoms with Crippen LogP contribution in [0.25, 0.3) is 0 Å². The molecule has 0 aromatic carbocycles. The molecule has 0 N–H and O–H groups in total. The minimum atomic E-state index is 1.25. The van der Waals surface area contributed by atoms with E-state index in [-0.39, 0.29) is 0 Å². The van der Waals surface area contributed by atoms with E-state index in [9.17, 15) is 0 Å². The van der Waals surface area contributed by atoms with Crippen molar-refractivity contribution in [1.82, 2.24) is 0 Å². The zero-order chi connectivity index (χ0) is 44.2. The molecule has 0 heteroatoms. The molecule has 0 aromatic rings. The van der Waals surface area contributed by atoms with Gasteiger partial charge in [0, 0.05) is 0 Å². The molecule has 0 unspecified atom stereocenters. The van der Waals surface area contributed by atoms with Gasteiger partial charge in [-0.2, -0.15) is 0 Å². The Labute approximate surface area is 314 Å². The Kier molecular flexibility index (Phi) is 7250. The lowest BCUT2D eigenvalue weighted by Gasteiger charge is -1.48. The molecular formula is C46H132. The van der Waals surface area contributed by atoms with Crippen LogP contribution in [0.15, 0.2) is 0 Å². The zero-order valence-corrected chi connectivity index (χ0v) is 44.2. The molecule has 0 heterocycles. The third kappa shape index (κ3) is 0. The van der Waals surface area contributed by atoms with E-state index < -0.39 is 0 Å². The van der Waals surface area contributed by atoms with Gasteiger partial charge in [-0.1, -0.05) is 315 Å². The van der Waals surface area contributed by atoms with Crippen molar-refractivity contribution >= 4 is 0 Å². The van der Waals surface area contributed by atoms with Crippen LogP contribution < -0.4 is 0 Å². The van der Waals surface area contributed by atoms with Crippen LogP contribution >= 0.6 is 0 Å². The monoisotopic (exact) mass is 685 g/mol. The van der Waals surface area contributed by atoms with Gasteiger partial charge in [0.05, 0.1) is 0 Å². The summed E-state index contributed by atoms with van der Waals surface area (Å²) in [5.41, 5.74) is 0. The summed E-state index contributed by atoms with van der Waals surface area (Å²) in [5, 5.41) is 0. The first-order chi connectivity index (χ1) is 22.5. The van der Waals surface area contributed by atoms with Crippen molar-refractivity contribution in [3.63, 3.8) is 0 Å². The van der Waals surface area contributed by atoms with Gasteiger partial charge < -0.3 is 0 Å². The topological polar surface area (TPSA) is 0 Å². The Hall–Kier alpha value is 0. The van der Waals surface area contributed by atoms with Crippen LogP contribution in [0, 0.1) is 0 Å². The Balaban J connectivity index is -0.00000000863. The summed E-state index contributed by atoms with van der Waals surface area (Å²) in [4.78, 5) is 0. The Bertz CT molecular complexity index is 15.5. The maximum atomic E-state index is 2.12. The molecule has 0 atom stereocenters. The van der Waals surface area contributed by atoms with E-state index in [0.717, 1.165) is 0 Å². The van der Waals surface area contributed by atoms with Crippen LogP contribution in [0.4, 0.5) is 0 Å². The SMILES string of the molecule is CC.CC.CC.CC.CC.CC.CC.CC.CC.CC.CC.CC.CC.CC.CCC.CCC.CCC.CCC.CCC.CCC. The first-order valence-electron chi connectivity index (χ1n) is 22.5. The maximum absolute atomic E-state index is 2.12. The van der Waals surface area contributed by atoms with E-state index >= 15 is 0 Å². The molecule has 46 heavy (non-hydrogen) atoms. The van der Waals surface area contributed by atoms with Gasteiger partial charge in [0.2, 0.25) is 0 Å². The summed E-state index contributed by atoms with van der Waals surface area (Å²) in [7, 11) is 0. The highest BCUT2D eigenvalue weighted by Gasteiger charge is 1.37. The van der Waals surface area contributed by atoms with Gasteiger partial charge in [-0.25, -0.2) is 0 Å². The predicted octanol–water partition coefficient (Wildman–Crippen LogP) is 22.9. The summed E-state index contributed by atoms with van der Waals surface area (Å²) in [6.07, 6.45) is 7.50. The Morgan fingerprint density at radius 2 is 0.109 bits per heavy atom. The molecule has 0 spiro atoms. The van der Waals surface area contributed by atoms with Crippen LogP contribution in [-0.4, -0.2) is 0 Å². The maximum Gasteiger partial charge on any atom is -0.0590 e. The second-order valence-electron chi connectivity index (χ2n) is 4.24. The van der Waals surface area contributed by atoms with Crippen molar-refractivity contribution in [3.05, 3.63) is 0 Å². The van der Waals surface area contributed by atoms with Crippen LogP contribution in [0.3, 0.4) is 0 Å². The van der Waals surface area contributed by atoms with Gasteiger partial charge in [-0.05, 0) is 0 Å². The van der Waals surface area contributed by atoms with Crippen molar-refractivity contribution in [2.75, 3.05) is 0 Å². The smallest absolute Gasteiger partial charge is 0.0590 e. The van der Waals surface area contributed by atoms with Gasteiger partial charge >= 0.3 is 0 Å². The van der Waals surface area contributed by atoms with Crippen molar-refractivity contribution in [2.45, 2.75) is 315 Å². The molecule has 0 radical (unpaired) electrons. The van der Waals surface area contributed by atoms with E-state index in [0.29, 0.717) is 0 Å². The minimum Gasteiger partial charge on any atom is -0.0683 e. The van der Waals surface area contributed by atoms with E-state index in [4.69, 9.17) is 0 Å². The average Bonchev–Trinajstić information content (AvgIpc) is 3.18. The molecule has 0 rings (SSSR count). The van der Waals surface area contributed by atoms with Crippen molar-refractivity contribution in [1.29, 1.82) is 0 Å². The van der Waals surface area contributed by atoms with Crippen LogP contribution in [0.1, 0.15) is 315 Å². The quantitative estimate of drug-likeness (QED) is 0.238. The first kappa shape index (κ1) is 138. The van der Waals surface area contributed by atoms with Crippen molar-refractivity contribution in [2.24, 2.45) is 0 Å². The average molecular weight is 686 g/mol. The van der Waals surface area contributed by atoms with Crippen molar-refractivity contribution in [3.8, 4) is 0 Å². The third-order valence-corrected chi connectivity index (χ3v) is 0. The predicted molar refractivity (Wildman–Crippen MR) is 255 cm³/mol. The summed E-state index contributed by atoms with van der Waals surface area (Å²) < 4.78 is 0. The fourth-order valence-electron chi connectivity index (χ4n) is 0. The molecular weight excluding hydrogens is 553 g/mol. The lowest BCUT2D eigenvalue weighted by Crippen LogP contribution is -1.27. The molecule has 0 aliphatic rings. The van der Waals surface area contributed by atoms with E-state index in [2.05, 4.69) is 83.1 Å². The second kappa shape index (κ2) is 2420. The van der Waals surface area contributed by atoms with Gasteiger partial charge in [0.15, 0.2) is 0 Å². The van der Waals surface area contributed by atoms with Crippen LogP contribution in [0.5, 0.6) is 0 Å². The molecule has 0 saturated carbocycles. The number of rotatable bonds is 0. The van der Waals surface area contributed by atoms with Gasteiger partial charge in [0.1, 0.15) is 0 Å². The molecule has 0 aromatic heterocycles. The molecule has 0 nitrogen and oxygen atoms in total. The van der Waals surface area contributed by atoms with Crippen LogP contribution in [-0.2, 0) is 0 Å². The van der Waals surface area contributed by atoms with E-state index in [1.54, 1.807) is 0 Å². The van der Waals surface area contributed by atoms with E-state index in [1.165, 1.54) is 38.5 Å². The first-order valence-corrected chi connectivity index (χ1v) is 22.5. The summed E-state index contributed by atoms with van der Waals surface area (Å²) in [5.74, 6) is 0. The van der Waals surface area contributed by atoms with Crippen LogP contribution in [0.2, 0.25) is 0 Å². The molecule has 0 aliphatic heterocycles. The molecule has 0 fully saturated rings. The fraction of sp³-hybridized carbons (Fsp3) is 1.00. The highest BCUT2D eigenvalue weighted by atomic mass is 13.4. The Morgan fingerprint density at radius 3 is 0.109 bits per heavy atom.